The van der Waals surface area contributed by atoms with Crippen molar-refractivity contribution >= 4 is 41.1 Å². The third kappa shape index (κ3) is 9.79. The number of nitrogens with one attached hydrogen (secondary N) is 4. The number of amides is 5. The Morgan fingerprint density at radius 3 is 2.24 bits per heavy atom. The normalized spacial score (nSPS) is 21.6. The first kappa shape index (κ1) is 34.5. The number of hydrogen-bond acceptors (Lipinski definition) is 7. The van der Waals surface area contributed by atoms with Crippen LogP contribution in [0.2, 0.25) is 5.02 Å². The highest BCUT2D eigenvalue weighted by Gasteiger charge is 2.47. The van der Waals surface area contributed by atoms with Crippen molar-refractivity contribution in [3.05, 3.63) is 23.4 Å². The van der Waals surface area contributed by atoms with E-state index in [1.165, 1.54) is 11.1 Å². The first-order chi connectivity index (χ1) is 21.0. The third-order valence-corrected chi connectivity index (χ3v) is 8.50. The zero-order valence-corrected chi connectivity index (χ0v) is 27.8. The number of pyridine rings is 1. The Balaban J connectivity index is 1.57. The summed E-state index contributed by atoms with van der Waals surface area (Å²) in [7, 11) is 0. The molecule has 2 heterocycles. The Hall–Kier alpha value is -3.41. The summed E-state index contributed by atoms with van der Waals surface area (Å²) >= 11 is 5.98. The molecule has 5 amide bonds. The molecule has 4 rings (SSSR count). The van der Waals surface area contributed by atoms with E-state index in [1.807, 2.05) is 41.5 Å². The smallest absolute Gasteiger partial charge is 0.315 e. The Kier molecular flexibility index (Phi) is 10.7. The van der Waals surface area contributed by atoms with Crippen LogP contribution in [-0.2, 0) is 19.2 Å². The number of urea groups is 1. The van der Waals surface area contributed by atoms with E-state index in [0.717, 1.165) is 32.1 Å². The maximum atomic E-state index is 14.2. The van der Waals surface area contributed by atoms with Crippen LogP contribution in [0.3, 0.4) is 0 Å². The van der Waals surface area contributed by atoms with Crippen molar-refractivity contribution in [2.24, 2.45) is 11.3 Å². The van der Waals surface area contributed by atoms with E-state index in [0.29, 0.717) is 11.4 Å². The van der Waals surface area contributed by atoms with Crippen molar-refractivity contribution in [2.75, 3.05) is 6.54 Å². The topological polar surface area (TPSA) is 159 Å². The standard InChI is InChI=1S/C32H47ClN6O6/c1-31(2,3)26(37-30(44)38-32(4,5)6)29(43)39-17-21(45-24-13-10-19(33)16-34-24)15-23(39)27(41)36-22(14-18-8-7-9-18)25(40)28(42)35-20-11-12-20/h10,13,16,18,20-23,26H,7-9,11-12,14-15,17H2,1-6H3,(H,35,42)(H,36,41)(H2,37,38,44)/t21-,22+,23+,26-/m1/s1. The van der Waals surface area contributed by atoms with Gasteiger partial charge in [0.15, 0.2) is 0 Å². The molecule has 0 spiro atoms. The van der Waals surface area contributed by atoms with E-state index in [1.54, 1.807) is 12.1 Å². The number of halogens is 1. The maximum absolute atomic E-state index is 14.2. The number of ketones is 1. The predicted molar refractivity (Wildman–Crippen MR) is 169 cm³/mol. The lowest BCUT2D eigenvalue weighted by Crippen LogP contribution is -2.61. The largest absolute Gasteiger partial charge is 0.472 e. The van der Waals surface area contributed by atoms with Crippen molar-refractivity contribution in [1.82, 2.24) is 31.2 Å². The molecule has 45 heavy (non-hydrogen) atoms. The van der Waals surface area contributed by atoms with Crippen molar-refractivity contribution in [2.45, 2.75) is 122 Å². The van der Waals surface area contributed by atoms with Gasteiger partial charge in [-0.1, -0.05) is 51.6 Å². The number of ether oxygens (including phenoxy) is 1. The SMILES string of the molecule is CC(C)(C)NC(=O)N[C@H](C(=O)N1C[C@H](Oc2ccc(Cl)cn2)C[C@H]1C(=O)N[C@@H](CC1CCC1)C(=O)C(=O)NC1CC1)C(C)(C)C. The monoisotopic (exact) mass is 646 g/mol. The zero-order valence-electron chi connectivity index (χ0n) is 27.1. The lowest BCUT2D eigenvalue weighted by Gasteiger charge is -2.36. The lowest BCUT2D eigenvalue weighted by atomic mass is 9.80. The van der Waals surface area contributed by atoms with Crippen LogP contribution in [0.15, 0.2) is 18.3 Å². The molecule has 248 valence electrons. The Labute approximate surface area is 270 Å². The summed E-state index contributed by atoms with van der Waals surface area (Å²) in [6.07, 6.45) is 5.87. The van der Waals surface area contributed by atoms with E-state index >= 15 is 0 Å². The van der Waals surface area contributed by atoms with E-state index < -0.39 is 64.7 Å². The zero-order chi connectivity index (χ0) is 33.1. The second-order valence-electron chi connectivity index (χ2n) is 14.6. The summed E-state index contributed by atoms with van der Waals surface area (Å²) in [6.45, 7) is 11.0. The highest BCUT2D eigenvalue weighted by atomic mass is 35.5. The third-order valence-electron chi connectivity index (χ3n) is 8.28. The number of hydrogen-bond donors (Lipinski definition) is 4. The molecule has 0 aromatic carbocycles. The Morgan fingerprint density at radius 1 is 1.02 bits per heavy atom. The average molecular weight is 647 g/mol. The van der Waals surface area contributed by atoms with Crippen LogP contribution in [0.1, 0.15) is 86.5 Å². The minimum absolute atomic E-state index is 0.00106. The second kappa shape index (κ2) is 13.9. The van der Waals surface area contributed by atoms with Gasteiger partial charge in [-0.05, 0) is 57.4 Å². The van der Waals surface area contributed by atoms with E-state index in [4.69, 9.17) is 16.3 Å². The van der Waals surface area contributed by atoms with Crippen LogP contribution in [0.25, 0.3) is 0 Å². The van der Waals surface area contributed by atoms with Crippen molar-refractivity contribution in [3.63, 3.8) is 0 Å². The van der Waals surface area contributed by atoms with Gasteiger partial charge in [0.2, 0.25) is 23.5 Å². The van der Waals surface area contributed by atoms with Crippen LogP contribution in [-0.4, -0.2) is 81.8 Å². The van der Waals surface area contributed by atoms with Crippen molar-refractivity contribution < 1.29 is 28.7 Å². The number of likely N-dealkylation sites (tertiary alicyclic amines) is 1. The van der Waals surface area contributed by atoms with Gasteiger partial charge in [0, 0.05) is 30.3 Å². The molecule has 2 aliphatic carbocycles. The van der Waals surface area contributed by atoms with Crippen molar-refractivity contribution in [3.8, 4) is 5.88 Å². The van der Waals surface area contributed by atoms with Gasteiger partial charge in [-0.3, -0.25) is 19.2 Å². The molecule has 2 saturated carbocycles. The molecule has 1 aromatic heterocycles. The first-order valence-corrected chi connectivity index (χ1v) is 16.2. The molecule has 12 nitrogen and oxygen atoms in total. The molecule has 1 aromatic rings. The summed E-state index contributed by atoms with van der Waals surface area (Å²) < 4.78 is 6.06. The van der Waals surface area contributed by atoms with Crippen LogP contribution in [0, 0.1) is 11.3 Å². The summed E-state index contributed by atoms with van der Waals surface area (Å²) in [5.41, 5.74) is -1.25. The van der Waals surface area contributed by atoms with Gasteiger partial charge >= 0.3 is 6.03 Å². The van der Waals surface area contributed by atoms with Gasteiger partial charge in [-0.15, -0.1) is 0 Å². The minimum Gasteiger partial charge on any atom is -0.472 e. The van der Waals surface area contributed by atoms with Gasteiger partial charge in [0.25, 0.3) is 5.91 Å². The summed E-state index contributed by atoms with van der Waals surface area (Å²) in [4.78, 5) is 72.6. The van der Waals surface area contributed by atoms with Gasteiger partial charge in [0.1, 0.15) is 18.2 Å². The molecule has 4 atom stereocenters. The summed E-state index contributed by atoms with van der Waals surface area (Å²) in [5, 5.41) is 11.6. The fourth-order valence-corrected chi connectivity index (χ4v) is 5.62. The van der Waals surface area contributed by atoms with Gasteiger partial charge < -0.3 is 30.9 Å². The van der Waals surface area contributed by atoms with E-state index in [2.05, 4.69) is 26.3 Å². The molecule has 1 saturated heterocycles. The van der Waals surface area contributed by atoms with E-state index in [-0.39, 0.29) is 30.8 Å². The second-order valence-corrected chi connectivity index (χ2v) is 15.1. The van der Waals surface area contributed by atoms with Crippen LogP contribution in [0.5, 0.6) is 5.88 Å². The fraction of sp³-hybridized carbons (Fsp3) is 0.688. The molecule has 1 aliphatic heterocycles. The Morgan fingerprint density at radius 2 is 1.71 bits per heavy atom. The van der Waals surface area contributed by atoms with Gasteiger partial charge in [0.05, 0.1) is 17.6 Å². The van der Waals surface area contributed by atoms with Gasteiger partial charge in [-0.2, -0.15) is 0 Å². The highest BCUT2D eigenvalue weighted by molar-refractivity contribution is 6.38. The average Bonchev–Trinajstić information content (AvgIpc) is 3.62. The van der Waals surface area contributed by atoms with Crippen molar-refractivity contribution in [1.29, 1.82) is 0 Å². The first-order valence-electron chi connectivity index (χ1n) is 15.8. The molecular formula is C32H47ClN6O6. The quantitative estimate of drug-likeness (QED) is 0.269. The number of rotatable bonds is 11. The Bertz CT molecular complexity index is 1270. The van der Waals surface area contributed by atoms with E-state index in [9.17, 15) is 24.0 Å². The predicted octanol–water partition coefficient (Wildman–Crippen LogP) is 3.12. The summed E-state index contributed by atoms with van der Waals surface area (Å²) in [6, 6.07) is -0.296. The molecule has 3 aliphatic rings. The summed E-state index contributed by atoms with van der Waals surface area (Å²) in [5.74, 6) is -1.88. The highest BCUT2D eigenvalue weighted by Crippen LogP contribution is 2.32. The number of nitrogens with zero attached hydrogens (tertiary/aromatic N) is 2. The number of carbonyl (C=O) groups is 5. The maximum Gasteiger partial charge on any atom is 0.315 e. The molecule has 0 bridgehead atoms. The minimum atomic E-state index is -1.02. The van der Waals surface area contributed by atoms with Crippen LogP contribution >= 0.6 is 11.6 Å². The fourth-order valence-electron chi connectivity index (χ4n) is 5.50. The molecule has 0 radical (unpaired) electrons. The van der Waals surface area contributed by atoms with Gasteiger partial charge in [-0.25, -0.2) is 9.78 Å². The molecule has 0 unspecified atom stereocenters. The number of aromatic nitrogens is 1. The van der Waals surface area contributed by atoms with Crippen LogP contribution < -0.4 is 26.0 Å². The lowest BCUT2D eigenvalue weighted by molar-refractivity contribution is -0.144. The molecule has 3 fully saturated rings. The number of Topliss-reactive ketones (excluding diaryl/α,β-unsaturated/α-hetero) is 1. The van der Waals surface area contributed by atoms with Crippen LogP contribution in [0.4, 0.5) is 4.79 Å². The molecule has 13 heteroatoms. The number of carbonyl (C=O) groups excluding carboxylic acids is 5. The molecule has 4 N–H and O–H groups in total. The molecular weight excluding hydrogens is 600 g/mol.